The largest absolute Gasteiger partial charge is 0.326 e. The van der Waals surface area contributed by atoms with Crippen molar-refractivity contribution in [2.45, 2.75) is 17.9 Å². The fourth-order valence-electron chi connectivity index (χ4n) is 1.91. The van der Waals surface area contributed by atoms with Gasteiger partial charge in [-0.2, -0.15) is 0 Å². The molecule has 4 nitrogen and oxygen atoms in total. The van der Waals surface area contributed by atoms with Crippen LogP contribution in [-0.2, 0) is 23.0 Å². The highest BCUT2D eigenvalue weighted by Crippen LogP contribution is 2.10. The molecular formula is C15H17FN2O2S. The Balaban J connectivity index is 1.97. The Bertz CT molecular complexity index is 700. The number of halogens is 1. The van der Waals surface area contributed by atoms with E-state index in [4.69, 9.17) is 5.73 Å². The van der Waals surface area contributed by atoms with E-state index in [-0.39, 0.29) is 17.3 Å². The van der Waals surface area contributed by atoms with Crippen LogP contribution in [0.15, 0.2) is 53.4 Å². The van der Waals surface area contributed by atoms with Crippen molar-refractivity contribution in [1.29, 1.82) is 0 Å². The molecule has 0 radical (unpaired) electrons. The summed E-state index contributed by atoms with van der Waals surface area (Å²) in [5.74, 6) is -0.326. The highest BCUT2D eigenvalue weighted by Gasteiger charge is 2.12. The van der Waals surface area contributed by atoms with Crippen LogP contribution < -0.4 is 10.5 Å². The third kappa shape index (κ3) is 4.35. The smallest absolute Gasteiger partial charge is 0.240 e. The van der Waals surface area contributed by atoms with Crippen LogP contribution >= 0.6 is 0 Å². The van der Waals surface area contributed by atoms with Gasteiger partial charge in [-0.25, -0.2) is 17.5 Å². The van der Waals surface area contributed by atoms with Gasteiger partial charge in [0.25, 0.3) is 0 Å². The molecule has 3 N–H and O–H groups in total. The second-order valence-corrected chi connectivity index (χ2v) is 6.39. The summed E-state index contributed by atoms with van der Waals surface area (Å²) in [5.41, 5.74) is 7.09. The van der Waals surface area contributed by atoms with Gasteiger partial charge in [0.05, 0.1) is 4.90 Å². The van der Waals surface area contributed by atoms with E-state index in [1.54, 1.807) is 24.3 Å². The van der Waals surface area contributed by atoms with Crippen molar-refractivity contribution in [2.24, 2.45) is 5.73 Å². The number of rotatable bonds is 6. The number of nitrogens with one attached hydrogen (secondary N) is 1. The van der Waals surface area contributed by atoms with Crippen molar-refractivity contribution in [3.8, 4) is 0 Å². The second-order valence-electron chi connectivity index (χ2n) is 4.63. The molecule has 0 spiro atoms. The normalized spacial score (nSPS) is 11.5. The average Bonchev–Trinajstić information content (AvgIpc) is 2.47. The van der Waals surface area contributed by atoms with Gasteiger partial charge in [0, 0.05) is 13.1 Å². The van der Waals surface area contributed by atoms with Gasteiger partial charge in [0.2, 0.25) is 10.0 Å². The van der Waals surface area contributed by atoms with Crippen molar-refractivity contribution in [3.63, 3.8) is 0 Å². The van der Waals surface area contributed by atoms with Gasteiger partial charge in [0.15, 0.2) is 0 Å². The summed E-state index contributed by atoms with van der Waals surface area (Å²) in [5, 5.41) is 0. The first kappa shape index (κ1) is 15.6. The predicted octanol–water partition coefficient (Wildman–Crippen LogP) is 1.81. The Hall–Kier alpha value is -1.76. The lowest BCUT2D eigenvalue weighted by Gasteiger charge is -2.07. The van der Waals surface area contributed by atoms with Crippen molar-refractivity contribution in [1.82, 2.24) is 4.72 Å². The Morgan fingerprint density at radius 3 is 2.38 bits per heavy atom. The van der Waals surface area contributed by atoms with Gasteiger partial charge >= 0.3 is 0 Å². The summed E-state index contributed by atoms with van der Waals surface area (Å²) in [7, 11) is -3.55. The molecule has 0 fully saturated rings. The van der Waals surface area contributed by atoms with Crippen molar-refractivity contribution < 1.29 is 12.8 Å². The molecule has 112 valence electrons. The summed E-state index contributed by atoms with van der Waals surface area (Å²) in [4.78, 5) is 0.193. The number of benzene rings is 2. The van der Waals surface area contributed by atoms with Crippen LogP contribution in [0.2, 0.25) is 0 Å². The monoisotopic (exact) mass is 308 g/mol. The minimum atomic E-state index is -3.55. The van der Waals surface area contributed by atoms with E-state index in [1.165, 1.54) is 24.3 Å². The molecule has 6 heteroatoms. The molecule has 0 unspecified atom stereocenters. The van der Waals surface area contributed by atoms with E-state index in [0.29, 0.717) is 13.0 Å². The van der Waals surface area contributed by atoms with E-state index in [9.17, 15) is 12.8 Å². The van der Waals surface area contributed by atoms with E-state index in [1.807, 2.05) is 0 Å². The van der Waals surface area contributed by atoms with Crippen LogP contribution in [0.1, 0.15) is 11.1 Å². The zero-order valence-corrected chi connectivity index (χ0v) is 12.2. The predicted molar refractivity (Wildman–Crippen MR) is 79.6 cm³/mol. The SMILES string of the molecule is NCc1ccc(S(=O)(=O)NCCc2cccc(F)c2)cc1. The lowest BCUT2D eigenvalue weighted by atomic mass is 10.1. The minimum absolute atomic E-state index is 0.193. The molecule has 0 amide bonds. The van der Waals surface area contributed by atoms with Gasteiger partial charge in [-0.15, -0.1) is 0 Å². The summed E-state index contributed by atoms with van der Waals surface area (Å²) in [6.45, 7) is 0.581. The van der Waals surface area contributed by atoms with Crippen LogP contribution in [0.5, 0.6) is 0 Å². The molecule has 0 saturated carbocycles. The van der Waals surface area contributed by atoms with Crippen LogP contribution in [0.3, 0.4) is 0 Å². The fourth-order valence-corrected chi connectivity index (χ4v) is 2.94. The zero-order chi connectivity index (χ0) is 15.3. The molecule has 0 atom stereocenters. The number of sulfonamides is 1. The van der Waals surface area contributed by atoms with Crippen molar-refractivity contribution in [2.75, 3.05) is 6.54 Å². The second kappa shape index (κ2) is 6.80. The lowest BCUT2D eigenvalue weighted by molar-refractivity contribution is 0.581. The Morgan fingerprint density at radius 2 is 1.76 bits per heavy atom. The molecule has 2 aromatic rings. The van der Waals surface area contributed by atoms with Gasteiger partial charge in [0.1, 0.15) is 5.82 Å². The van der Waals surface area contributed by atoms with Crippen molar-refractivity contribution >= 4 is 10.0 Å². The van der Waals surface area contributed by atoms with Crippen LogP contribution in [0, 0.1) is 5.82 Å². The molecule has 0 aromatic heterocycles. The maximum Gasteiger partial charge on any atom is 0.240 e. The first-order valence-electron chi connectivity index (χ1n) is 6.54. The molecule has 0 aliphatic rings. The standard InChI is InChI=1S/C15H17FN2O2S/c16-14-3-1-2-12(10-14)8-9-18-21(19,20)15-6-4-13(11-17)5-7-15/h1-7,10,18H,8-9,11,17H2. The highest BCUT2D eigenvalue weighted by atomic mass is 32.2. The highest BCUT2D eigenvalue weighted by molar-refractivity contribution is 7.89. The van der Waals surface area contributed by atoms with E-state index >= 15 is 0 Å². The molecule has 0 heterocycles. The third-order valence-corrected chi connectivity index (χ3v) is 4.54. The Morgan fingerprint density at radius 1 is 1.05 bits per heavy atom. The maximum absolute atomic E-state index is 13.0. The van der Waals surface area contributed by atoms with Gasteiger partial charge < -0.3 is 5.73 Å². The fraction of sp³-hybridized carbons (Fsp3) is 0.200. The molecule has 0 bridgehead atoms. The summed E-state index contributed by atoms with van der Waals surface area (Å²) < 4.78 is 39.7. The summed E-state index contributed by atoms with van der Waals surface area (Å²) in [6, 6.07) is 12.5. The number of hydrogen-bond donors (Lipinski definition) is 2. The number of hydrogen-bond acceptors (Lipinski definition) is 3. The first-order valence-corrected chi connectivity index (χ1v) is 8.03. The van der Waals surface area contributed by atoms with E-state index < -0.39 is 10.0 Å². The van der Waals surface area contributed by atoms with Gasteiger partial charge in [-0.3, -0.25) is 0 Å². The Kier molecular flexibility index (Phi) is 5.06. The minimum Gasteiger partial charge on any atom is -0.326 e. The van der Waals surface area contributed by atoms with E-state index in [0.717, 1.165) is 11.1 Å². The molecule has 2 rings (SSSR count). The first-order chi connectivity index (χ1) is 10.0. The molecule has 21 heavy (non-hydrogen) atoms. The molecular weight excluding hydrogens is 291 g/mol. The molecule has 0 saturated heterocycles. The van der Waals surface area contributed by atoms with Crippen LogP contribution in [-0.4, -0.2) is 15.0 Å². The number of nitrogens with two attached hydrogens (primary N) is 1. The lowest BCUT2D eigenvalue weighted by Crippen LogP contribution is -2.26. The Labute approximate surface area is 123 Å². The van der Waals surface area contributed by atoms with Gasteiger partial charge in [-0.1, -0.05) is 24.3 Å². The molecule has 0 aliphatic heterocycles. The average molecular weight is 308 g/mol. The zero-order valence-electron chi connectivity index (χ0n) is 11.4. The topological polar surface area (TPSA) is 72.2 Å². The molecule has 0 aliphatic carbocycles. The quantitative estimate of drug-likeness (QED) is 0.855. The van der Waals surface area contributed by atoms with E-state index in [2.05, 4.69) is 4.72 Å². The summed E-state index contributed by atoms with van der Waals surface area (Å²) >= 11 is 0. The van der Waals surface area contributed by atoms with Crippen molar-refractivity contribution in [3.05, 3.63) is 65.5 Å². The molecule has 2 aromatic carbocycles. The van der Waals surface area contributed by atoms with Crippen LogP contribution in [0.25, 0.3) is 0 Å². The third-order valence-electron chi connectivity index (χ3n) is 3.06. The van der Waals surface area contributed by atoms with Gasteiger partial charge in [-0.05, 0) is 41.8 Å². The van der Waals surface area contributed by atoms with Crippen LogP contribution in [0.4, 0.5) is 4.39 Å². The summed E-state index contributed by atoms with van der Waals surface area (Å²) in [6.07, 6.45) is 0.428. The maximum atomic E-state index is 13.0.